The van der Waals surface area contributed by atoms with Crippen LogP contribution in [0.15, 0.2) is 42.5 Å². The lowest BCUT2D eigenvalue weighted by Gasteiger charge is -2.36. The van der Waals surface area contributed by atoms with Gasteiger partial charge in [0.15, 0.2) is 0 Å². The Balaban J connectivity index is 1.75. The van der Waals surface area contributed by atoms with Gasteiger partial charge in [-0.1, -0.05) is 24.3 Å². The standard InChI is InChI=1S/C19H23N3O2/c1-14-13-18(16-5-3-4-6-17(16)20-14)21-9-11-22(12-10-21)19(24)8-7-15(2)23/h3-8,13,15,23H,9-12H2,1-2H3. The number of aryl methyl sites for hydroxylation is 1. The Morgan fingerprint density at radius 1 is 1.25 bits per heavy atom. The molecule has 0 spiro atoms. The van der Waals surface area contributed by atoms with Gasteiger partial charge in [0.25, 0.3) is 0 Å². The molecule has 5 heteroatoms. The van der Waals surface area contributed by atoms with E-state index in [1.165, 1.54) is 17.8 Å². The normalized spacial score (nSPS) is 16.8. The van der Waals surface area contributed by atoms with Crippen molar-refractivity contribution in [3.05, 3.63) is 48.2 Å². The fraction of sp³-hybridized carbons (Fsp3) is 0.368. The minimum absolute atomic E-state index is 0.0358. The van der Waals surface area contributed by atoms with Crippen LogP contribution in [0.2, 0.25) is 0 Å². The predicted octanol–water partition coefficient (Wildman–Crippen LogP) is 2.13. The molecule has 5 nitrogen and oxygen atoms in total. The van der Waals surface area contributed by atoms with E-state index in [1.807, 2.05) is 30.0 Å². The van der Waals surface area contributed by atoms with Crippen LogP contribution in [0.1, 0.15) is 12.6 Å². The highest BCUT2D eigenvalue weighted by molar-refractivity contribution is 5.92. The first-order chi connectivity index (χ1) is 11.5. The zero-order chi connectivity index (χ0) is 17.1. The fourth-order valence-electron chi connectivity index (χ4n) is 3.04. The summed E-state index contributed by atoms with van der Waals surface area (Å²) in [5.41, 5.74) is 3.19. The number of aliphatic hydroxyl groups excluding tert-OH is 1. The monoisotopic (exact) mass is 325 g/mol. The third-order valence-corrected chi connectivity index (χ3v) is 4.27. The first kappa shape index (κ1) is 16.5. The summed E-state index contributed by atoms with van der Waals surface area (Å²) in [7, 11) is 0. The Kier molecular flexibility index (Phi) is 4.81. The summed E-state index contributed by atoms with van der Waals surface area (Å²) in [4.78, 5) is 20.8. The van der Waals surface area contributed by atoms with Crippen molar-refractivity contribution >= 4 is 22.5 Å². The molecule has 2 heterocycles. The first-order valence-corrected chi connectivity index (χ1v) is 8.31. The summed E-state index contributed by atoms with van der Waals surface area (Å²) < 4.78 is 0. The van der Waals surface area contributed by atoms with Crippen molar-refractivity contribution in [3.8, 4) is 0 Å². The second-order valence-corrected chi connectivity index (χ2v) is 6.21. The smallest absolute Gasteiger partial charge is 0.246 e. The third-order valence-electron chi connectivity index (χ3n) is 4.27. The molecule has 1 aromatic heterocycles. The molecule has 1 aliphatic heterocycles. The molecular formula is C19H23N3O2. The van der Waals surface area contributed by atoms with E-state index >= 15 is 0 Å². The van der Waals surface area contributed by atoms with Gasteiger partial charge in [-0.2, -0.15) is 0 Å². The molecule has 3 rings (SSSR count). The maximum Gasteiger partial charge on any atom is 0.246 e. The Labute approximate surface area is 142 Å². The van der Waals surface area contributed by atoms with E-state index in [1.54, 1.807) is 6.92 Å². The lowest BCUT2D eigenvalue weighted by atomic mass is 10.1. The lowest BCUT2D eigenvalue weighted by Crippen LogP contribution is -2.48. The quantitative estimate of drug-likeness (QED) is 0.879. The number of rotatable bonds is 3. The van der Waals surface area contributed by atoms with Crippen LogP contribution in [0.3, 0.4) is 0 Å². The van der Waals surface area contributed by atoms with Crippen molar-refractivity contribution in [2.75, 3.05) is 31.1 Å². The van der Waals surface area contributed by atoms with Crippen LogP contribution >= 0.6 is 0 Å². The highest BCUT2D eigenvalue weighted by atomic mass is 16.3. The van der Waals surface area contributed by atoms with Gasteiger partial charge in [-0.25, -0.2) is 0 Å². The SMILES string of the molecule is Cc1cc(N2CCN(C(=O)C=CC(C)O)CC2)c2ccccc2n1. The number of carbonyl (C=O) groups excluding carboxylic acids is 1. The van der Waals surface area contributed by atoms with Gasteiger partial charge < -0.3 is 14.9 Å². The second-order valence-electron chi connectivity index (χ2n) is 6.21. The van der Waals surface area contributed by atoms with Gasteiger partial charge in [0.05, 0.1) is 11.6 Å². The van der Waals surface area contributed by atoms with E-state index in [2.05, 4.69) is 22.0 Å². The maximum atomic E-state index is 12.1. The summed E-state index contributed by atoms with van der Waals surface area (Å²) in [5, 5.41) is 10.4. The Bertz CT molecular complexity index is 762. The van der Waals surface area contributed by atoms with Gasteiger partial charge in [0.1, 0.15) is 0 Å². The number of hydrogen-bond acceptors (Lipinski definition) is 4. The molecule has 1 amide bonds. The third kappa shape index (κ3) is 3.57. The molecule has 0 bridgehead atoms. The Hall–Kier alpha value is -2.40. The van der Waals surface area contributed by atoms with Crippen LogP contribution in [0.25, 0.3) is 10.9 Å². The number of para-hydroxylation sites is 1. The van der Waals surface area contributed by atoms with E-state index in [0.717, 1.165) is 29.7 Å². The number of fused-ring (bicyclic) bond motifs is 1. The summed E-state index contributed by atoms with van der Waals surface area (Å²) in [6, 6.07) is 10.3. The van der Waals surface area contributed by atoms with Crippen molar-refractivity contribution in [3.63, 3.8) is 0 Å². The van der Waals surface area contributed by atoms with Crippen molar-refractivity contribution in [2.24, 2.45) is 0 Å². The number of aliphatic hydroxyl groups is 1. The molecule has 1 N–H and O–H groups in total. The summed E-state index contributed by atoms with van der Waals surface area (Å²) in [5.74, 6) is -0.0358. The van der Waals surface area contributed by atoms with Crippen molar-refractivity contribution < 1.29 is 9.90 Å². The lowest BCUT2D eigenvalue weighted by molar-refractivity contribution is -0.126. The van der Waals surface area contributed by atoms with E-state index in [4.69, 9.17) is 0 Å². The van der Waals surface area contributed by atoms with Gasteiger partial charge in [-0.15, -0.1) is 0 Å². The van der Waals surface area contributed by atoms with Gasteiger partial charge in [-0.3, -0.25) is 9.78 Å². The predicted molar refractivity (Wildman–Crippen MR) is 96.1 cm³/mol. The molecule has 1 saturated heterocycles. The van der Waals surface area contributed by atoms with Crippen LogP contribution in [0.4, 0.5) is 5.69 Å². The molecule has 1 fully saturated rings. The Morgan fingerprint density at radius 2 is 1.96 bits per heavy atom. The topological polar surface area (TPSA) is 56.7 Å². The summed E-state index contributed by atoms with van der Waals surface area (Å²) in [6.45, 7) is 6.59. The van der Waals surface area contributed by atoms with Crippen molar-refractivity contribution in [2.45, 2.75) is 20.0 Å². The van der Waals surface area contributed by atoms with Gasteiger partial charge in [0.2, 0.25) is 5.91 Å². The molecule has 0 aliphatic carbocycles. The highest BCUT2D eigenvalue weighted by Crippen LogP contribution is 2.27. The minimum atomic E-state index is -0.596. The summed E-state index contributed by atoms with van der Waals surface area (Å²) in [6.07, 6.45) is 2.39. The molecule has 24 heavy (non-hydrogen) atoms. The molecule has 1 aromatic carbocycles. The molecular weight excluding hydrogens is 302 g/mol. The van der Waals surface area contributed by atoms with E-state index < -0.39 is 6.10 Å². The molecule has 0 radical (unpaired) electrons. The molecule has 1 aliphatic rings. The van der Waals surface area contributed by atoms with Crippen LogP contribution in [-0.2, 0) is 4.79 Å². The molecule has 1 atom stereocenters. The zero-order valence-electron chi connectivity index (χ0n) is 14.1. The van der Waals surface area contributed by atoms with E-state index in [0.29, 0.717) is 13.1 Å². The maximum absolute atomic E-state index is 12.1. The van der Waals surface area contributed by atoms with Gasteiger partial charge >= 0.3 is 0 Å². The number of nitrogens with zero attached hydrogens (tertiary/aromatic N) is 3. The number of benzene rings is 1. The largest absolute Gasteiger partial charge is 0.389 e. The zero-order valence-corrected chi connectivity index (χ0v) is 14.1. The molecule has 2 aromatic rings. The molecule has 0 saturated carbocycles. The average Bonchev–Trinajstić information content (AvgIpc) is 2.59. The number of piperazine rings is 1. The number of anilines is 1. The van der Waals surface area contributed by atoms with Crippen LogP contribution < -0.4 is 4.90 Å². The summed E-state index contributed by atoms with van der Waals surface area (Å²) >= 11 is 0. The average molecular weight is 325 g/mol. The fourth-order valence-corrected chi connectivity index (χ4v) is 3.04. The van der Waals surface area contributed by atoms with E-state index in [-0.39, 0.29) is 5.91 Å². The first-order valence-electron chi connectivity index (χ1n) is 8.31. The minimum Gasteiger partial charge on any atom is -0.389 e. The van der Waals surface area contributed by atoms with Crippen LogP contribution in [0.5, 0.6) is 0 Å². The molecule has 126 valence electrons. The van der Waals surface area contributed by atoms with E-state index in [9.17, 15) is 9.90 Å². The number of pyridine rings is 1. The van der Waals surface area contributed by atoms with Gasteiger partial charge in [-0.05, 0) is 26.0 Å². The van der Waals surface area contributed by atoms with Crippen LogP contribution in [0, 0.1) is 6.92 Å². The number of hydrogen-bond donors (Lipinski definition) is 1. The van der Waals surface area contributed by atoms with Crippen LogP contribution in [-0.4, -0.2) is 53.2 Å². The number of amides is 1. The van der Waals surface area contributed by atoms with Gasteiger partial charge in [0, 0.05) is 49.0 Å². The highest BCUT2D eigenvalue weighted by Gasteiger charge is 2.21. The number of carbonyl (C=O) groups is 1. The Morgan fingerprint density at radius 3 is 2.67 bits per heavy atom. The van der Waals surface area contributed by atoms with Crippen molar-refractivity contribution in [1.29, 1.82) is 0 Å². The van der Waals surface area contributed by atoms with Crippen molar-refractivity contribution in [1.82, 2.24) is 9.88 Å². The second kappa shape index (κ2) is 7.01. The number of aromatic nitrogens is 1. The molecule has 1 unspecified atom stereocenters.